The van der Waals surface area contributed by atoms with Crippen LogP contribution in [0.5, 0.6) is 0 Å². The zero-order valence-electron chi connectivity index (χ0n) is 10.8. The van der Waals surface area contributed by atoms with E-state index in [4.69, 9.17) is 0 Å². The molecule has 4 rings (SSSR count). The Morgan fingerprint density at radius 1 is 1.60 bits per heavy atom. The molecular formula is C13H13N5OS. The van der Waals surface area contributed by atoms with Gasteiger partial charge < -0.3 is 5.32 Å². The number of hydrogen-bond donors (Lipinski definition) is 2. The number of amides is 1. The molecule has 1 aliphatic rings. The molecule has 6 nitrogen and oxygen atoms in total. The minimum absolute atomic E-state index is 0.170. The Labute approximate surface area is 118 Å². The van der Waals surface area contributed by atoms with Crippen LogP contribution < -0.4 is 5.32 Å². The average Bonchev–Trinajstić information content (AvgIpc) is 2.86. The molecule has 0 radical (unpaired) electrons. The maximum Gasteiger partial charge on any atom is 0.274 e. The van der Waals surface area contributed by atoms with Crippen molar-refractivity contribution in [3.8, 4) is 0 Å². The maximum absolute atomic E-state index is 12.2. The summed E-state index contributed by atoms with van der Waals surface area (Å²) in [6, 6.07) is 1.92. The Hall–Kier alpha value is -2.15. The van der Waals surface area contributed by atoms with Crippen molar-refractivity contribution in [2.75, 3.05) is 5.32 Å². The van der Waals surface area contributed by atoms with E-state index >= 15 is 0 Å². The van der Waals surface area contributed by atoms with Gasteiger partial charge in [0.2, 0.25) is 0 Å². The van der Waals surface area contributed by atoms with E-state index in [1.165, 1.54) is 17.8 Å². The second-order valence-corrected chi connectivity index (χ2v) is 6.09. The van der Waals surface area contributed by atoms with E-state index in [1.54, 1.807) is 16.9 Å². The van der Waals surface area contributed by atoms with Gasteiger partial charge in [-0.1, -0.05) is 6.92 Å². The summed E-state index contributed by atoms with van der Waals surface area (Å²) in [5, 5.41) is 11.8. The molecule has 0 spiro atoms. The van der Waals surface area contributed by atoms with Crippen molar-refractivity contribution in [3.63, 3.8) is 0 Å². The SMILES string of the molecule is CC1CC1c1cc(NC(=O)c2csc3cncn23)n[nH]1. The molecule has 0 aliphatic heterocycles. The molecule has 2 N–H and O–H groups in total. The maximum atomic E-state index is 12.2. The molecule has 2 atom stereocenters. The van der Waals surface area contributed by atoms with Crippen LogP contribution in [-0.2, 0) is 0 Å². The molecule has 0 saturated heterocycles. The van der Waals surface area contributed by atoms with E-state index < -0.39 is 0 Å². The lowest BCUT2D eigenvalue weighted by Crippen LogP contribution is -2.14. The monoisotopic (exact) mass is 287 g/mol. The number of aromatic nitrogens is 4. The van der Waals surface area contributed by atoms with Gasteiger partial charge in [0.1, 0.15) is 16.9 Å². The molecule has 102 valence electrons. The topological polar surface area (TPSA) is 75.1 Å². The van der Waals surface area contributed by atoms with Gasteiger partial charge in [-0.2, -0.15) is 5.10 Å². The summed E-state index contributed by atoms with van der Waals surface area (Å²) in [6.45, 7) is 2.21. The number of imidazole rings is 1. The van der Waals surface area contributed by atoms with Gasteiger partial charge in [0.05, 0.1) is 6.20 Å². The Balaban J connectivity index is 1.55. The first-order valence-corrected chi connectivity index (χ1v) is 7.36. The lowest BCUT2D eigenvalue weighted by molar-refractivity contribution is 0.102. The molecule has 0 aromatic carbocycles. The van der Waals surface area contributed by atoms with Gasteiger partial charge in [0, 0.05) is 23.1 Å². The van der Waals surface area contributed by atoms with Crippen LogP contribution in [0, 0.1) is 5.92 Å². The van der Waals surface area contributed by atoms with Gasteiger partial charge in [0.25, 0.3) is 5.91 Å². The molecule has 20 heavy (non-hydrogen) atoms. The summed E-state index contributed by atoms with van der Waals surface area (Å²) in [7, 11) is 0. The van der Waals surface area contributed by atoms with E-state index in [1.807, 2.05) is 11.4 Å². The van der Waals surface area contributed by atoms with Gasteiger partial charge in [-0.3, -0.25) is 14.3 Å². The number of fused-ring (bicyclic) bond motifs is 1. The molecule has 3 aromatic heterocycles. The third-order valence-corrected chi connectivity index (χ3v) is 4.62. The normalized spacial score (nSPS) is 21.2. The number of carbonyl (C=O) groups is 1. The second-order valence-electron chi connectivity index (χ2n) is 5.20. The minimum Gasteiger partial charge on any atom is -0.304 e. The highest BCUT2D eigenvalue weighted by atomic mass is 32.1. The lowest BCUT2D eigenvalue weighted by atomic mass is 10.2. The number of thiazole rings is 1. The highest BCUT2D eigenvalue weighted by Crippen LogP contribution is 2.46. The molecule has 7 heteroatoms. The molecule has 1 aliphatic carbocycles. The summed E-state index contributed by atoms with van der Waals surface area (Å²) >= 11 is 1.49. The quantitative estimate of drug-likeness (QED) is 0.777. The highest BCUT2D eigenvalue weighted by molar-refractivity contribution is 7.15. The first-order chi connectivity index (χ1) is 9.72. The number of rotatable bonds is 3. The Kier molecular flexibility index (Phi) is 2.43. The van der Waals surface area contributed by atoms with Gasteiger partial charge in [0.15, 0.2) is 5.82 Å². The fraction of sp³-hybridized carbons (Fsp3) is 0.308. The fourth-order valence-electron chi connectivity index (χ4n) is 2.41. The molecule has 3 aromatic rings. The van der Waals surface area contributed by atoms with Crippen molar-refractivity contribution in [1.29, 1.82) is 0 Å². The lowest BCUT2D eigenvalue weighted by Gasteiger charge is -1.99. The summed E-state index contributed by atoms with van der Waals surface area (Å²) in [5.74, 6) is 1.68. The largest absolute Gasteiger partial charge is 0.304 e. The number of H-pyrrole nitrogens is 1. The predicted molar refractivity (Wildman–Crippen MR) is 76.1 cm³/mol. The molecule has 3 heterocycles. The second kappa shape index (κ2) is 4.17. The Morgan fingerprint density at radius 2 is 2.45 bits per heavy atom. The number of hydrogen-bond acceptors (Lipinski definition) is 4. The van der Waals surface area contributed by atoms with Gasteiger partial charge in [-0.15, -0.1) is 11.3 Å². The van der Waals surface area contributed by atoms with E-state index in [0.29, 0.717) is 23.3 Å². The molecule has 1 saturated carbocycles. The first-order valence-electron chi connectivity index (χ1n) is 6.48. The van der Waals surface area contributed by atoms with Gasteiger partial charge in [-0.25, -0.2) is 4.98 Å². The smallest absolute Gasteiger partial charge is 0.274 e. The van der Waals surface area contributed by atoms with Crippen LogP contribution in [-0.4, -0.2) is 25.5 Å². The van der Waals surface area contributed by atoms with E-state index in [-0.39, 0.29) is 5.91 Å². The number of aromatic amines is 1. The van der Waals surface area contributed by atoms with E-state index in [0.717, 1.165) is 10.5 Å². The van der Waals surface area contributed by atoms with Crippen molar-refractivity contribution < 1.29 is 4.79 Å². The predicted octanol–water partition coefficient (Wildman–Crippen LogP) is 2.49. The molecule has 1 amide bonds. The third-order valence-electron chi connectivity index (χ3n) is 3.74. The minimum atomic E-state index is -0.170. The molecule has 2 unspecified atom stereocenters. The van der Waals surface area contributed by atoms with Gasteiger partial charge >= 0.3 is 0 Å². The third kappa shape index (κ3) is 1.82. The van der Waals surface area contributed by atoms with E-state index in [2.05, 4.69) is 27.4 Å². The number of nitrogens with one attached hydrogen (secondary N) is 2. The van der Waals surface area contributed by atoms with Crippen LogP contribution in [0.3, 0.4) is 0 Å². The van der Waals surface area contributed by atoms with Gasteiger partial charge in [-0.05, 0) is 12.3 Å². The highest BCUT2D eigenvalue weighted by Gasteiger charge is 2.35. The molecule has 0 bridgehead atoms. The molecule has 1 fully saturated rings. The average molecular weight is 287 g/mol. The standard InChI is InChI=1S/C13H13N5OS/c1-7-2-8(7)9-3-11(17-16-9)15-13(19)10-5-20-12-4-14-6-18(10)12/h3-8H,2H2,1H3,(H2,15,16,17,19). The number of carbonyl (C=O) groups excluding carboxylic acids is 1. The zero-order chi connectivity index (χ0) is 13.7. The van der Waals surface area contributed by atoms with Crippen LogP contribution >= 0.6 is 11.3 Å². The van der Waals surface area contributed by atoms with Crippen molar-refractivity contribution in [2.24, 2.45) is 5.92 Å². The van der Waals surface area contributed by atoms with Crippen molar-refractivity contribution in [1.82, 2.24) is 19.6 Å². The van der Waals surface area contributed by atoms with E-state index in [9.17, 15) is 4.79 Å². The van der Waals surface area contributed by atoms with Crippen molar-refractivity contribution >= 4 is 27.9 Å². The number of anilines is 1. The summed E-state index contributed by atoms with van der Waals surface area (Å²) < 4.78 is 1.77. The van der Waals surface area contributed by atoms with Crippen molar-refractivity contribution in [2.45, 2.75) is 19.3 Å². The zero-order valence-corrected chi connectivity index (χ0v) is 11.6. The van der Waals surface area contributed by atoms with Crippen LogP contribution in [0.1, 0.15) is 35.4 Å². The Morgan fingerprint density at radius 3 is 3.25 bits per heavy atom. The van der Waals surface area contributed by atoms with Crippen LogP contribution in [0.4, 0.5) is 5.82 Å². The summed E-state index contributed by atoms with van der Waals surface area (Å²) in [6.07, 6.45) is 4.57. The van der Waals surface area contributed by atoms with Crippen LogP contribution in [0.15, 0.2) is 24.0 Å². The van der Waals surface area contributed by atoms with Crippen LogP contribution in [0.25, 0.3) is 4.83 Å². The Bertz CT molecular complexity index is 785. The summed E-state index contributed by atoms with van der Waals surface area (Å²) in [5.41, 5.74) is 1.68. The fourth-order valence-corrected chi connectivity index (χ4v) is 3.25. The van der Waals surface area contributed by atoms with Crippen LogP contribution in [0.2, 0.25) is 0 Å². The number of nitrogens with zero attached hydrogens (tertiary/aromatic N) is 3. The summed E-state index contributed by atoms with van der Waals surface area (Å²) in [4.78, 5) is 17.2. The molecular weight excluding hydrogens is 274 g/mol. The first kappa shape index (κ1) is 11.7. The van der Waals surface area contributed by atoms with Crippen molar-refractivity contribution in [3.05, 3.63) is 35.4 Å².